The lowest BCUT2D eigenvalue weighted by Gasteiger charge is -2.06. The van der Waals surface area contributed by atoms with Gasteiger partial charge in [0.25, 0.3) is 0 Å². The largest absolute Gasteiger partial charge is 0.461 e. The number of nitrogen functional groups attached to an aromatic ring is 1. The summed E-state index contributed by atoms with van der Waals surface area (Å²) < 4.78 is 5.19. The van der Waals surface area contributed by atoms with Crippen molar-refractivity contribution in [3.8, 4) is 0 Å². The number of hydrogen-bond donors (Lipinski definition) is 1. The van der Waals surface area contributed by atoms with E-state index in [4.69, 9.17) is 22.1 Å². The fourth-order valence-electron chi connectivity index (χ4n) is 1.62. The van der Waals surface area contributed by atoms with E-state index in [0.717, 1.165) is 4.90 Å². The summed E-state index contributed by atoms with van der Waals surface area (Å²) in [6.45, 7) is 0.338. The van der Waals surface area contributed by atoms with Crippen LogP contribution in [0.2, 0.25) is 5.02 Å². The van der Waals surface area contributed by atoms with E-state index < -0.39 is 5.97 Å². The second-order valence-electron chi connectivity index (χ2n) is 4.07. The van der Waals surface area contributed by atoms with Crippen molar-refractivity contribution < 1.29 is 9.53 Å². The third-order valence-electron chi connectivity index (χ3n) is 2.48. The standard InChI is InChI=1S/C15H14ClNO2S/c16-12-8-11(9-13(17)10-12)15(18)19-6-7-20-14-4-2-1-3-5-14/h1-5,8-10H,6-7,17H2. The summed E-state index contributed by atoms with van der Waals surface area (Å²) in [6.07, 6.45) is 0. The molecule has 0 aliphatic heterocycles. The number of halogens is 1. The van der Waals surface area contributed by atoms with Crippen molar-refractivity contribution in [2.24, 2.45) is 0 Å². The summed E-state index contributed by atoms with van der Waals surface area (Å²) in [5, 5.41) is 0.426. The molecule has 0 saturated carbocycles. The zero-order valence-corrected chi connectivity index (χ0v) is 12.3. The van der Waals surface area contributed by atoms with Crippen molar-refractivity contribution in [1.82, 2.24) is 0 Å². The molecule has 0 fully saturated rings. The molecule has 0 saturated heterocycles. The maximum atomic E-state index is 11.8. The van der Waals surface area contributed by atoms with Crippen LogP contribution in [0.5, 0.6) is 0 Å². The molecule has 2 aromatic carbocycles. The number of thioether (sulfide) groups is 1. The molecule has 0 aliphatic carbocycles. The van der Waals surface area contributed by atoms with Crippen molar-refractivity contribution >= 4 is 35.0 Å². The first-order valence-electron chi connectivity index (χ1n) is 6.06. The molecule has 0 amide bonds. The monoisotopic (exact) mass is 307 g/mol. The molecule has 2 N–H and O–H groups in total. The molecule has 3 nitrogen and oxygen atoms in total. The zero-order chi connectivity index (χ0) is 14.4. The van der Waals surface area contributed by atoms with E-state index in [2.05, 4.69) is 0 Å². The second kappa shape index (κ2) is 7.22. The predicted octanol–water partition coefficient (Wildman–Crippen LogP) is 3.87. The van der Waals surface area contributed by atoms with Gasteiger partial charge in [-0.2, -0.15) is 0 Å². The number of carbonyl (C=O) groups excluding carboxylic acids is 1. The first-order chi connectivity index (χ1) is 9.65. The summed E-state index contributed by atoms with van der Waals surface area (Å²) in [5.74, 6) is 0.291. The Morgan fingerprint density at radius 2 is 1.95 bits per heavy atom. The van der Waals surface area contributed by atoms with Crippen LogP contribution < -0.4 is 5.73 Å². The Morgan fingerprint density at radius 3 is 2.65 bits per heavy atom. The van der Waals surface area contributed by atoms with E-state index in [9.17, 15) is 4.79 Å². The number of benzene rings is 2. The number of anilines is 1. The molecule has 0 aliphatic rings. The van der Waals surface area contributed by atoms with Gasteiger partial charge in [-0.3, -0.25) is 0 Å². The highest BCUT2D eigenvalue weighted by atomic mass is 35.5. The fourth-order valence-corrected chi connectivity index (χ4v) is 2.62. The van der Waals surface area contributed by atoms with Crippen LogP contribution in [0.3, 0.4) is 0 Å². The Kier molecular flexibility index (Phi) is 5.32. The van der Waals surface area contributed by atoms with Gasteiger partial charge in [0, 0.05) is 21.4 Å². The predicted molar refractivity (Wildman–Crippen MR) is 83.3 cm³/mol. The number of esters is 1. The number of nitrogens with two attached hydrogens (primary N) is 1. The summed E-state index contributed by atoms with van der Waals surface area (Å²) in [6, 6.07) is 14.6. The third kappa shape index (κ3) is 4.47. The minimum atomic E-state index is -0.409. The van der Waals surface area contributed by atoms with Gasteiger partial charge in [0.2, 0.25) is 0 Å². The maximum Gasteiger partial charge on any atom is 0.338 e. The van der Waals surface area contributed by atoms with Crippen molar-refractivity contribution in [2.45, 2.75) is 4.90 Å². The van der Waals surface area contributed by atoms with E-state index in [-0.39, 0.29) is 0 Å². The molecule has 0 heterocycles. The average Bonchev–Trinajstić information content (AvgIpc) is 2.43. The Labute approximate surface area is 127 Å². The SMILES string of the molecule is Nc1cc(Cl)cc(C(=O)OCCSc2ccccc2)c1. The average molecular weight is 308 g/mol. The molecule has 104 valence electrons. The Hall–Kier alpha value is -1.65. The van der Waals surface area contributed by atoms with Gasteiger partial charge < -0.3 is 10.5 Å². The van der Waals surface area contributed by atoms with Crippen LogP contribution in [-0.2, 0) is 4.74 Å². The van der Waals surface area contributed by atoms with Gasteiger partial charge in [0.05, 0.1) is 5.56 Å². The summed E-state index contributed by atoms with van der Waals surface area (Å²) in [5.41, 5.74) is 6.45. The molecule has 0 unspecified atom stereocenters. The van der Waals surface area contributed by atoms with Crippen molar-refractivity contribution in [3.63, 3.8) is 0 Å². The number of carbonyl (C=O) groups is 1. The minimum Gasteiger partial charge on any atom is -0.461 e. The molecular weight excluding hydrogens is 294 g/mol. The minimum absolute atomic E-state index is 0.338. The molecule has 2 aromatic rings. The van der Waals surface area contributed by atoms with Gasteiger partial charge in [0.15, 0.2) is 0 Å². The molecule has 20 heavy (non-hydrogen) atoms. The quantitative estimate of drug-likeness (QED) is 0.394. The molecule has 0 spiro atoms. The van der Waals surface area contributed by atoms with E-state index in [0.29, 0.717) is 28.6 Å². The first-order valence-corrected chi connectivity index (χ1v) is 7.42. The van der Waals surface area contributed by atoms with E-state index >= 15 is 0 Å². The fraction of sp³-hybridized carbons (Fsp3) is 0.133. The maximum absolute atomic E-state index is 11.8. The Bertz CT molecular complexity index is 569. The van der Waals surface area contributed by atoms with Crippen LogP contribution in [0, 0.1) is 0 Å². The molecule has 0 aromatic heterocycles. The van der Waals surface area contributed by atoms with Crippen LogP contribution in [0.1, 0.15) is 10.4 Å². The molecule has 0 radical (unpaired) electrons. The van der Waals surface area contributed by atoms with Crippen LogP contribution in [0.4, 0.5) is 5.69 Å². The summed E-state index contributed by atoms with van der Waals surface area (Å²) >= 11 is 7.48. The first kappa shape index (κ1) is 14.8. The third-order valence-corrected chi connectivity index (χ3v) is 3.68. The van der Waals surface area contributed by atoms with Crippen LogP contribution >= 0.6 is 23.4 Å². The lowest BCUT2D eigenvalue weighted by Crippen LogP contribution is -2.08. The molecule has 5 heteroatoms. The molecule has 0 atom stereocenters. The Morgan fingerprint density at radius 1 is 1.20 bits per heavy atom. The van der Waals surface area contributed by atoms with E-state index in [1.54, 1.807) is 30.0 Å². The van der Waals surface area contributed by atoms with Gasteiger partial charge in [0.1, 0.15) is 6.61 Å². The number of ether oxygens (including phenoxy) is 1. The van der Waals surface area contributed by atoms with Gasteiger partial charge in [-0.15, -0.1) is 11.8 Å². The topological polar surface area (TPSA) is 52.3 Å². The van der Waals surface area contributed by atoms with E-state index in [1.807, 2.05) is 30.3 Å². The van der Waals surface area contributed by atoms with Crippen molar-refractivity contribution in [2.75, 3.05) is 18.1 Å². The van der Waals surface area contributed by atoms with Gasteiger partial charge in [-0.1, -0.05) is 29.8 Å². The van der Waals surface area contributed by atoms with Crippen LogP contribution in [0.25, 0.3) is 0 Å². The lowest BCUT2D eigenvalue weighted by molar-refractivity contribution is 0.0530. The van der Waals surface area contributed by atoms with Gasteiger partial charge in [-0.25, -0.2) is 4.79 Å². The van der Waals surface area contributed by atoms with Crippen LogP contribution in [0.15, 0.2) is 53.4 Å². The van der Waals surface area contributed by atoms with Gasteiger partial charge in [-0.05, 0) is 30.3 Å². The highest BCUT2D eigenvalue weighted by Gasteiger charge is 2.08. The molecule has 2 rings (SSSR count). The highest BCUT2D eigenvalue weighted by molar-refractivity contribution is 7.99. The molecule has 0 bridgehead atoms. The van der Waals surface area contributed by atoms with Crippen molar-refractivity contribution in [3.05, 3.63) is 59.1 Å². The summed E-state index contributed by atoms with van der Waals surface area (Å²) in [4.78, 5) is 13.0. The van der Waals surface area contributed by atoms with E-state index in [1.165, 1.54) is 0 Å². The number of hydrogen-bond acceptors (Lipinski definition) is 4. The van der Waals surface area contributed by atoms with Crippen molar-refractivity contribution in [1.29, 1.82) is 0 Å². The molecular formula is C15H14ClNO2S. The number of rotatable bonds is 5. The highest BCUT2D eigenvalue weighted by Crippen LogP contribution is 2.19. The smallest absolute Gasteiger partial charge is 0.338 e. The normalized spacial score (nSPS) is 10.2. The Balaban J connectivity index is 1.80. The lowest BCUT2D eigenvalue weighted by atomic mass is 10.2. The van der Waals surface area contributed by atoms with Gasteiger partial charge >= 0.3 is 5.97 Å². The van der Waals surface area contributed by atoms with Crippen LogP contribution in [-0.4, -0.2) is 18.3 Å². The summed E-state index contributed by atoms with van der Waals surface area (Å²) in [7, 11) is 0. The second-order valence-corrected chi connectivity index (χ2v) is 5.68. The zero-order valence-electron chi connectivity index (χ0n) is 10.7.